The Morgan fingerprint density at radius 2 is 1.20 bits per heavy atom. The Bertz CT molecular complexity index is 3830. The quantitative estimate of drug-likeness (QED) is 0.153. The largest absolute Gasteiger partial charge is 0.454 e. The van der Waals surface area contributed by atoms with Crippen molar-refractivity contribution in [3.05, 3.63) is 153 Å². The molecule has 4 aliphatic heterocycles. The minimum atomic E-state index is -0.147. The zero-order valence-electron chi connectivity index (χ0n) is 48.1. The summed E-state index contributed by atoms with van der Waals surface area (Å²) in [4.78, 5) is 8.34. The number of benzene rings is 6. The topological polar surface area (TPSA) is 22.9 Å². The fourth-order valence-corrected chi connectivity index (χ4v) is 17.6. The molecule has 6 aromatic carbocycles. The number of aryl methyl sites for hydroxylation is 2. The Morgan fingerprint density at radius 1 is 0.566 bits per heavy atom. The maximum Gasteiger partial charge on any atom is 0.252 e. The van der Waals surface area contributed by atoms with Crippen LogP contribution in [-0.4, -0.2) is 12.3 Å². The number of para-hydroxylation sites is 2. The standard InChI is InChI=1S/C71H78BN3O/c1-41-32-60-63-61(33-41)74-56-39-51-47(34-42(56)2)68(10,11)30-31-69(51,12)50-40-57-52(36-46(50)65(3,4)5)70(13)26-17-18-27-71(70,14)75(57)43-24-25-53(58(74)35-43)72(63)54-37-48-49(67(8,9)29-28-66(48,6)7)38-59(54)73(60)55-22-19-21-45-44-20-15-16-23-62(44)76-64(45)55/h15-16,19-25,32-35,37-40,46H,17-18,26-31,36H2,1-14H3. The highest BCUT2D eigenvalue weighted by Gasteiger charge is 2.61. The molecule has 5 heteroatoms. The van der Waals surface area contributed by atoms with Gasteiger partial charge in [0.2, 0.25) is 0 Å². The molecule has 15 rings (SSSR count). The molecule has 7 aromatic rings. The van der Waals surface area contributed by atoms with E-state index in [1.54, 1.807) is 11.1 Å². The first kappa shape index (κ1) is 47.3. The van der Waals surface area contributed by atoms with Gasteiger partial charge in [-0.15, -0.1) is 0 Å². The number of rotatable bonds is 1. The Labute approximate surface area is 453 Å². The van der Waals surface area contributed by atoms with E-state index in [9.17, 15) is 0 Å². The monoisotopic (exact) mass is 1000 g/mol. The maximum absolute atomic E-state index is 7.05. The van der Waals surface area contributed by atoms with Crippen LogP contribution in [-0.2, 0) is 21.7 Å². The number of hydrogen-bond donors (Lipinski definition) is 0. The van der Waals surface area contributed by atoms with Crippen molar-refractivity contribution in [3.63, 3.8) is 0 Å². The lowest BCUT2D eigenvalue weighted by molar-refractivity contribution is 0.137. The molecule has 1 fully saturated rings. The summed E-state index contributed by atoms with van der Waals surface area (Å²) in [6, 6.07) is 39.0. The van der Waals surface area contributed by atoms with Gasteiger partial charge in [-0.05, 0) is 203 Å². The summed E-state index contributed by atoms with van der Waals surface area (Å²) in [6.07, 6.45) is 13.6. The average molecular weight is 1000 g/mol. The Kier molecular flexibility index (Phi) is 9.21. The molecule has 6 bridgehead atoms. The molecular formula is C71H78BN3O. The number of hydrogen-bond acceptors (Lipinski definition) is 4. The van der Waals surface area contributed by atoms with Gasteiger partial charge in [-0.1, -0.05) is 143 Å². The molecule has 4 aliphatic carbocycles. The van der Waals surface area contributed by atoms with Crippen LogP contribution in [0.5, 0.6) is 0 Å². The molecule has 5 heterocycles. The molecule has 1 saturated carbocycles. The van der Waals surface area contributed by atoms with Gasteiger partial charge in [-0.2, -0.15) is 0 Å². The molecule has 0 saturated heterocycles. The van der Waals surface area contributed by atoms with E-state index in [0.29, 0.717) is 5.92 Å². The summed E-state index contributed by atoms with van der Waals surface area (Å²) in [5.74, 6) is 0.432. The second-order valence-electron chi connectivity index (χ2n) is 29.2. The third kappa shape index (κ3) is 5.89. The van der Waals surface area contributed by atoms with Gasteiger partial charge in [0.15, 0.2) is 5.58 Å². The molecule has 0 amide bonds. The van der Waals surface area contributed by atoms with E-state index in [4.69, 9.17) is 4.42 Å². The zero-order chi connectivity index (χ0) is 52.8. The number of allylic oxidation sites excluding steroid dienone is 2. The molecule has 4 nitrogen and oxygen atoms in total. The molecule has 1 aromatic heterocycles. The summed E-state index contributed by atoms with van der Waals surface area (Å²) in [5.41, 5.74) is 28.6. The van der Waals surface area contributed by atoms with Gasteiger partial charge in [0.1, 0.15) is 5.58 Å². The lowest BCUT2D eigenvalue weighted by Gasteiger charge is -2.52. The van der Waals surface area contributed by atoms with Crippen LogP contribution in [0.1, 0.15) is 174 Å². The van der Waals surface area contributed by atoms with Crippen molar-refractivity contribution in [2.24, 2.45) is 16.7 Å². The van der Waals surface area contributed by atoms with Crippen LogP contribution in [0.2, 0.25) is 0 Å². The van der Waals surface area contributed by atoms with Gasteiger partial charge in [0.25, 0.3) is 6.71 Å². The van der Waals surface area contributed by atoms with E-state index in [0.717, 1.165) is 46.9 Å². The van der Waals surface area contributed by atoms with E-state index < -0.39 is 0 Å². The molecule has 4 atom stereocenters. The smallest absolute Gasteiger partial charge is 0.252 e. The van der Waals surface area contributed by atoms with Gasteiger partial charge in [-0.3, -0.25) is 0 Å². The maximum atomic E-state index is 7.05. The van der Waals surface area contributed by atoms with Crippen LogP contribution in [0.25, 0.3) is 21.9 Å². The second kappa shape index (κ2) is 14.8. The van der Waals surface area contributed by atoms with E-state index in [1.807, 2.05) is 0 Å². The van der Waals surface area contributed by atoms with Crippen molar-refractivity contribution in [3.8, 4) is 0 Å². The van der Waals surface area contributed by atoms with Crippen LogP contribution in [0.4, 0.5) is 39.8 Å². The lowest BCUT2D eigenvalue weighted by atomic mass is 9.33. The van der Waals surface area contributed by atoms with Crippen molar-refractivity contribution in [1.82, 2.24) is 0 Å². The number of furan rings is 1. The number of nitrogens with zero attached hydrogens (tertiary/aromatic N) is 3. The number of anilines is 7. The third-order valence-electron chi connectivity index (χ3n) is 22.4. The van der Waals surface area contributed by atoms with Crippen LogP contribution in [0.3, 0.4) is 0 Å². The summed E-state index contributed by atoms with van der Waals surface area (Å²) in [7, 11) is 0. The van der Waals surface area contributed by atoms with E-state index in [1.165, 1.54) is 128 Å². The molecule has 386 valence electrons. The normalized spacial score (nSPS) is 26.9. The molecule has 0 radical (unpaired) electrons. The Balaban J connectivity index is 1.08. The molecule has 0 N–H and O–H groups in total. The second-order valence-corrected chi connectivity index (χ2v) is 29.2. The van der Waals surface area contributed by atoms with Gasteiger partial charge in [0.05, 0.1) is 11.2 Å². The van der Waals surface area contributed by atoms with Gasteiger partial charge >= 0.3 is 0 Å². The lowest BCUT2D eigenvalue weighted by Crippen LogP contribution is -2.62. The minimum absolute atomic E-state index is 0.00538. The summed E-state index contributed by atoms with van der Waals surface area (Å²) in [6.45, 7) is 35.4. The van der Waals surface area contributed by atoms with Crippen molar-refractivity contribution in [2.45, 2.75) is 182 Å². The van der Waals surface area contributed by atoms with Crippen molar-refractivity contribution >= 4 is 84.9 Å². The third-order valence-corrected chi connectivity index (χ3v) is 22.4. The van der Waals surface area contributed by atoms with Crippen molar-refractivity contribution in [2.75, 3.05) is 14.7 Å². The highest BCUT2D eigenvalue weighted by molar-refractivity contribution is 7.00. The molecular weight excluding hydrogens is 922 g/mol. The number of fused-ring (bicyclic) bond motifs is 16. The summed E-state index contributed by atoms with van der Waals surface area (Å²) < 4.78 is 7.05. The first-order valence-corrected chi connectivity index (χ1v) is 29.3. The predicted octanol–water partition coefficient (Wildman–Crippen LogP) is 17.4. The van der Waals surface area contributed by atoms with Crippen LogP contribution in [0.15, 0.2) is 124 Å². The first-order chi connectivity index (χ1) is 35.9. The fourth-order valence-electron chi connectivity index (χ4n) is 17.6. The Hall–Kier alpha value is -5.94. The van der Waals surface area contributed by atoms with E-state index in [2.05, 4.69) is 215 Å². The van der Waals surface area contributed by atoms with Crippen LogP contribution >= 0.6 is 0 Å². The minimum Gasteiger partial charge on any atom is -0.454 e. The molecule has 4 unspecified atom stereocenters. The van der Waals surface area contributed by atoms with E-state index in [-0.39, 0.29) is 44.7 Å². The predicted molar refractivity (Wildman–Crippen MR) is 322 cm³/mol. The van der Waals surface area contributed by atoms with Gasteiger partial charge in [-0.25, -0.2) is 0 Å². The van der Waals surface area contributed by atoms with E-state index >= 15 is 0 Å². The molecule has 8 aliphatic rings. The Morgan fingerprint density at radius 3 is 1.93 bits per heavy atom. The van der Waals surface area contributed by atoms with Gasteiger partial charge in [0, 0.05) is 61.4 Å². The van der Waals surface area contributed by atoms with Crippen molar-refractivity contribution in [1.29, 1.82) is 0 Å². The van der Waals surface area contributed by atoms with Crippen LogP contribution in [0, 0.1) is 30.6 Å². The van der Waals surface area contributed by atoms with Crippen molar-refractivity contribution < 1.29 is 4.42 Å². The fraction of sp³-hybridized carbons (Fsp3) is 0.437. The molecule has 76 heavy (non-hydrogen) atoms. The zero-order valence-corrected chi connectivity index (χ0v) is 48.1. The molecule has 0 spiro atoms. The highest BCUT2D eigenvalue weighted by Crippen LogP contribution is 2.67. The van der Waals surface area contributed by atoms with Gasteiger partial charge < -0.3 is 19.1 Å². The summed E-state index contributed by atoms with van der Waals surface area (Å²) >= 11 is 0. The first-order valence-electron chi connectivity index (χ1n) is 29.3. The van der Waals surface area contributed by atoms with Crippen LogP contribution < -0.4 is 31.1 Å². The SMILES string of the molecule is Cc1cc2c3c(c1)N(c1cccc4c1oc1ccccc14)c1cc4c(cc1B3c1ccc3cc1N2c1cc2c(cc1C)C(C)(C)CCC2(C)C1=CC2=C(CC1C(C)(C)C)C1(C)CCCCC1(C)N23)C(C)(C)CCC4(C)C. The highest BCUT2D eigenvalue weighted by atomic mass is 16.3. The average Bonchev–Trinajstić information content (AvgIpc) is 4.00. The summed E-state index contributed by atoms with van der Waals surface area (Å²) in [5, 5.41) is 2.32.